The number of ether oxygens (including phenoxy) is 1. The van der Waals surface area contributed by atoms with E-state index in [1.54, 1.807) is 0 Å². The summed E-state index contributed by atoms with van der Waals surface area (Å²) in [6, 6.07) is 11.8. The predicted octanol–water partition coefficient (Wildman–Crippen LogP) is 3.64. The minimum Gasteiger partial charge on any atom is -0.378 e. The van der Waals surface area contributed by atoms with E-state index in [2.05, 4.69) is 34.3 Å². The first-order valence-electron chi connectivity index (χ1n) is 9.51. The second-order valence-electron chi connectivity index (χ2n) is 7.21. The molecule has 6 heteroatoms. The van der Waals surface area contributed by atoms with Crippen molar-refractivity contribution in [2.45, 2.75) is 20.8 Å². The number of anilines is 2. The van der Waals surface area contributed by atoms with Crippen molar-refractivity contribution in [3.8, 4) is 0 Å². The molecular formula is C22H24N4O2. The molecule has 0 unspecified atom stereocenters. The summed E-state index contributed by atoms with van der Waals surface area (Å²) in [4.78, 5) is 24.7. The molecule has 6 nitrogen and oxygen atoms in total. The van der Waals surface area contributed by atoms with Gasteiger partial charge in [-0.05, 0) is 44.0 Å². The Labute approximate surface area is 164 Å². The number of amides is 1. The summed E-state index contributed by atoms with van der Waals surface area (Å²) in [5.41, 5.74) is 5.91. The Morgan fingerprint density at radius 3 is 2.25 bits per heavy atom. The molecule has 0 atom stereocenters. The third-order valence-corrected chi connectivity index (χ3v) is 4.99. The molecule has 1 aromatic heterocycles. The fraction of sp³-hybridized carbons (Fsp3) is 0.318. The van der Waals surface area contributed by atoms with Crippen LogP contribution < -0.4 is 10.2 Å². The molecule has 2 aromatic carbocycles. The van der Waals surface area contributed by atoms with Crippen molar-refractivity contribution in [1.29, 1.82) is 0 Å². The predicted molar refractivity (Wildman–Crippen MR) is 111 cm³/mol. The van der Waals surface area contributed by atoms with Gasteiger partial charge in [-0.25, -0.2) is 9.97 Å². The van der Waals surface area contributed by atoms with Crippen LogP contribution in [0.4, 0.5) is 11.5 Å². The first-order valence-corrected chi connectivity index (χ1v) is 9.51. The largest absolute Gasteiger partial charge is 0.378 e. The van der Waals surface area contributed by atoms with Crippen molar-refractivity contribution in [1.82, 2.24) is 9.97 Å². The molecule has 144 valence electrons. The van der Waals surface area contributed by atoms with Crippen LogP contribution in [0.2, 0.25) is 0 Å². The Morgan fingerprint density at radius 2 is 1.61 bits per heavy atom. The lowest BCUT2D eigenvalue weighted by atomic mass is 10.0. The van der Waals surface area contributed by atoms with Crippen molar-refractivity contribution in [3.05, 3.63) is 58.8 Å². The van der Waals surface area contributed by atoms with E-state index in [1.807, 2.05) is 38.1 Å². The number of morpholine rings is 1. The quantitative estimate of drug-likeness (QED) is 0.756. The highest BCUT2D eigenvalue weighted by Gasteiger charge is 2.23. The van der Waals surface area contributed by atoms with Gasteiger partial charge >= 0.3 is 0 Å². The first-order chi connectivity index (χ1) is 13.5. The first kappa shape index (κ1) is 18.4. The number of carbonyl (C=O) groups is 1. The van der Waals surface area contributed by atoms with Crippen LogP contribution in [0.5, 0.6) is 0 Å². The van der Waals surface area contributed by atoms with Gasteiger partial charge in [0.1, 0.15) is 0 Å². The van der Waals surface area contributed by atoms with Gasteiger partial charge in [-0.2, -0.15) is 0 Å². The zero-order chi connectivity index (χ0) is 19.7. The number of aryl methyl sites for hydroxylation is 3. The number of fused-ring (bicyclic) bond motifs is 1. The van der Waals surface area contributed by atoms with Crippen LogP contribution in [0, 0.1) is 20.8 Å². The second kappa shape index (κ2) is 7.56. The molecular weight excluding hydrogens is 352 g/mol. The lowest BCUT2D eigenvalue weighted by Crippen LogP contribution is -2.38. The van der Waals surface area contributed by atoms with E-state index in [-0.39, 0.29) is 5.91 Å². The van der Waals surface area contributed by atoms with E-state index in [0.29, 0.717) is 43.3 Å². The third-order valence-electron chi connectivity index (χ3n) is 4.99. The number of nitrogens with zero attached hydrogens (tertiary/aromatic N) is 3. The summed E-state index contributed by atoms with van der Waals surface area (Å²) in [5, 5.41) is 3.07. The van der Waals surface area contributed by atoms with Crippen molar-refractivity contribution in [2.24, 2.45) is 0 Å². The Bertz CT molecular complexity index is 1020. The number of rotatable bonds is 3. The number of hydrogen-bond acceptors (Lipinski definition) is 5. The number of hydrogen-bond donors (Lipinski definition) is 1. The minimum absolute atomic E-state index is 0.241. The maximum absolute atomic E-state index is 13.2. The van der Waals surface area contributed by atoms with Crippen LogP contribution in [-0.2, 0) is 4.74 Å². The van der Waals surface area contributed by atoms with E-state index in [0.717, 1.165) is 22.3 Å². The van der Waals surface area contributed by atoms with Crippen LogP contribution in [-0.4, -0.2) is 42.2 Å². The van der Waals surface area contributed by atoms with Crippen molar-refractivity contribution in [2.75, 3.05) is 36.5 Å². The van der Waals surface area contributed by atoms with Gasteiger partial charge in [-0.1, -0.05) is 29.8 Å². The number of benzene rings is 2. The summed E-state index contributed by atoms with van der Waals surface area (Å²) in [5.74, 6) is 0.372. The summed E-state index contributed by atoms with van der Waals surface area (Å²) < 4.78 is 5.46. The highest BCUT2D eigenvalue weighted by Crippen LogP contribution is 2.26. The van der Waals surface area contributed by atoms with Crippen molar-refractivity contribution >= 4 is 28.4 Å². The van der Waals surface area contributed by atoms with E-state index in [9.17, 15) is 4.79 Å². The zero-order valence-corrected chi connectivity index (χ0v) is 16.5. The summed E-state index contributed by atoms with van der Waals surface area (Å²) in [6.07, 6.45) is 0. The van der Waals surface area contributed by atoms with Gasteiger partial charge < -0.3 is 15.0 Å². The van der Waals surface area contributed by atoms with Gasteiger partial charge in [0, 0.05) is 18.8 Å². The lowest BCUT2D eigenvalue weighted by molar-refractivity contribution is 0.101. The van der Waals surface area contributed by atoms with Gasteiger partial charge in [0.05, 0.1) is 24.2 Å². The van der Waals surface area contributed by atoms with Crippen LogP contribution in [0.15, 0.2) is 36.4 Å². The van der Waals surface area contributed by atoms with E-state index in [1.165, 1.54) is 5.56 Å². The smallest absolute Gasteiger partial charge is 0.278 e. The van der Waals surface area contributed by atoms with Crippen molar-refractivity contribution < 1.29 is 9.53 Å². The lowest BCUT2D eigenvalue weighted by Gasteiger charge is -2.29. The van der Waals surface area contributed by atoms with Gasteiger partial charge in [0.15, 0.2) is 11.5 Å². The van der Waals surface area contributed by atoms with Crippen molar-refractivity contribution in [3.63, 3.8) is 0 Å². The van der Waals surface area contributed by atoms with Crippen LogP contribution >= 0.6 is 0 Å². The molecule has 0 spiro atoms. The number of aromatic nitrogens is 2. The number of para-hydroxylation sites is 2. The Kier molecular flexibility index (Phi) is 4.96. The molecule has 1 fully saturated rings. The van der Waals surface area contributed by atoms with Crippen LogP contribution in [0.3, 0.4) is 0 Å². The molecule has 28 heavy (non-hydrogen) atoms. The van der Waals surface area contributed by atoms with Gasteiger partial charge in [-0.3, -0.25) is 4.79 Å². The molecule has 1 N–H and O–H groups in total. The topological polar surface area (TPSA) is 67.4 Å². The molecule has 1 amide bonds. The Morgan fingerprint density at radius 1 is 1.00 bits per heavy atom. The molecule has 0 bridgehead atoms. The second-order valence-corrected chi connectivity index (χ2v) is 7.21. The minimum atomic E-state index is -0.241. The summed E-state index contributed by atoms with van der Waals surface area (Å²) in [6.45, 7) is 8.68. The maximum Gasteiger partial charge on any atom is 0.278 e. The fourth-order valence-electron chi connectivity index (χ4n) is 3.69. The molecule has 3 aromatic rings. The molecule has 0 radical (unpaired) electrons. The van der Waals surface area contributed by atoms with E-state index < -0.39 is 0 Å². The van der Waals surface area contributed by atoms with Crippen LogP contribution in [0.1, 0.15) is 27.2 Å². The van der Waals surface area contributed by atoms with E-state index in [4.69, 9.17) is 9.72 Å². The van der Waals surface area contributed by atoms with E-state index >= 15 is 0 Å². The summed E-state index contributed by atoms with van der Waals surface area (Å²) >= 11 is 0. The average molecular weight is 376 g/mol. The fourth-order valence-corrected chi connectivity index (χ4v) is 3.69. The SMILES string of the molecule is Cc1cc(C)c(NC(=O)c2nc3ccccc3nc2N2CCOCC2)c(C)c1. The Hall–Kier alpha value is -2.99. The normalized spacial score (nSPS) is 14.3. The van der Waals surface area contributed by atoms with Gasteiger partial charge in [-0.15, -0.1) is 0 Å². The van der Waals surface area contributed by atoms with Crippen LogP contribution in [0.25, 0.3) is 11.0 Å². The third kappa shape index (κ3) is 3.55. The molecule has 2 heterocycles. The standard InChI is InChI=1S/C22H24N4O2/c1-14-12-15(2)19(16(3)13-14)25-22(27)20-21(26-8-10-28-11-9-26)24-18-7-5-4-6-17(18)23-20/h4-7,12-13H,8-11H2,1-3H3,(H,25,27). The summed E-state index contributed by atoms with van der Waals surface area (Å²) in [7, 11) is 0. The average Bonchev–Trinajstić information content (AvgIpc) is 2.70. The molecule has 0 aliphatic carbocycles. The molecule has 1 saturated heterocycles. The number of nitrogens with one attached hydrogen (secondary N) is 1. The van der Waals surface area contributed by atoms with Gasteiger partial charge in [0.25, 0.3) is 5.91 Å². The molecule has 1 aliphatic rings. The van der Waals surface area contributed by atoms with Gasteiger partial charge in [0.2, 0.25) is 0 Å². The molecule has 1 aliphatic heterocycles. The zero-order valence-electron chi connectivity index (χ0n) is 16.5. The maximum atomic E-state index is 13.2. The monoisotopic (exact) mass is 376 g/mol. The molecule has 4 rings (SSSR count). The molecule has 0 saturated carbocycles. The highest BCUT2D eigenvalue weighted by molar-refractivity contribution is 6.08. The highest BCUT2D eigenvalue weighted by atomic mass is 16.5. The number of carbonyl (C=O) groups excluding carboxylic acids is 1. The Balaban J connectivity index is 1.76.